The molecule has 0 aliphatic heterocycles. The van der Waals surface area contributed by atoms with Crippen molar-refractivity contribution < 1.29 is 9.90 Å². The van der Waals surface area contributed by atoms with Crippen LogP contribution in [0.25, 0.3) is 0 Å². The molecule has 0 bridgehead atoms. The number of hydrogen-bond donors (Lipinski definition) is 1. The maximum Gasteiger partial charge on any atom is 0.193 e. The molecule has 0 aromatic heterocycles. The van der Waals surface area contributed by atoms with E-state index in [1.165, 1.54) is 13.0 Å². The van der Waals surface area contributed by atoms with Crippen LogP contribution >= 0.6 is 0 Å². The predicted molar refractivity (Wildman–Crippen MR) is 27.1 cm³/mol. The molecular weight excluding hydrogens is 92.1 g/mol. The first kappa shape index (κ1) is 6.21. The Morgan fingerprint density at radius 1 is 1.71 bits per heavy atom. The molecule has 0 unspecified atom stereocenters. The number of Topliss-reactive ketones (excluding diaryl/α,β-unsaturated/α-hetero) is 1. The van der Waals surface area contributed by atoms with Crippen molar-refractivity contribution in [2.24, 2.45) is 0 Å². The van der Waals surface area contributed by atoms with Crippen molar-refractivity contribution in [1.82, 2.24) is 0 Å². The zero-order valence-electron chi connectivity index (χ0n) is 4.43. The van der Waals surface area contributed by atoms with Crippen LogP contribution in [0.5, 0.6) is 0 Å². The second-order valence-corrected chi connectivity index (χ2v) is 1.23. The molecule has 1 N–H and O–H groups in total. The molecule has 0 fully saturated rings. The fourth-order valence-electron chi connectivity index (χ4n) is 0.203. The van der Waals surface area contributed by atoms with Crippen LogP contribution in [-0.4, -0.2) is 10.9 Å². The van der Waals surface area contributed by atoms with E-state index in [4.69, 9.17) is 5.11 Å². The van der Waals surface area contributed by atoms with Gasteiger partial charge in [0.05, 0.1) is 0 Å². The summed E-state index contributed by atoms with van der Waals surface area (Å²) in [6.07, 6.45) is 1.36. The van der Waals surface area contributed by atoms with E-state index in [2.05, 4.69) is 0 Å². The molecule has 0 amide bonds. The lowest BCUT2D eigenvalue weighted by Crippen LogP contribution is -1.92. The van der Waals surface area contributed by atoms with Crippen LogP contribution in [-0.2, 0) is 4.79 Å². The number of carbonyl (C=O) groups excluding carboxylic acids is 1. The van der Waals surface area contributed by atoms with E-state index in [-0.39, 0.29) is 11.5 Å². The van der Waals surface area contributed by atoms with Gasteiger partial charge in [-0.2, -0.15) is 0 Å². The van der Waals surface area contributed by atoms with Gasteiger partial charge in [-0.25, -0.2) is 0 Å². The Labute approximate surface area is 42.5 Å². The van der Waals surface area contributed by atoms with Crippen LogP contribution < -0.4 is 0 Å². The number of rotatable bonds is 1. The summed E-state index contributed by atoms with van der Waals surface area (Å²) in [5.74, 6) is -0.456. The number of hydrogen-bond acceptors (Lipinski definition) is 2. The minimum Gasteiger partial charge on any atom is -0.505 e. The van der Waals surface area contributed by atoms with Gasteiger partial charge in [0.25, 0.3) is 0 Å². The Hall–Kier alpha value is -0.790. The molecule has 0 aliphatic rings. The van der Waals surface area contributed by atoms with Crippen LogP contribution in [0.3, 0.4) is 0 Å². The molecule has 2 heteroatoms. The highest BCUT2D eigenvalue weighted by Crippen LogP contribution is 1.85. The third-order valence-corrected chi connectivity index (χ3v) is 0.634. The normalized spacial score (nSPS) is 11.4. The van der Waals surface area contributed by atoms with Crippen LogP contribution in [0.15, 0.2) is 11.8 Å². The van der Waals surface area contributed by atoms with Crippen molar-refractivity contribution in [3.63, 3.8) is 0 Å². The molecule has 0 saturated heterocycles. The highest BCUT2D eigenvalue weighted by Gasteiger charge is 1.93. The van der Waals surface area contributed by atoms with E-state index < -0.39 is 0 Å². The zero-order valence-corrected chi connectivity index (χ0v) is 4.43. The minimum atomic E-state index is -0.289. The Balaban J connectivity index is 3.82. The van der Waals surface area contributed by atoms with Crippen molar-refractivity contribution in [2.45, 2.75) is 13.8 Å². The first-order valence-electron chi connectivity index (χ1n) is 2.04. The van der Waals surface area contributed by atoms with Crippen molar-refractivity contribution in [2.75, 3.05) is 0 Å². The van der Waals surface area contributed by atoms with Crippen LogP contribution in [0.1, 0.15) is 13.8 Å². The zero-order chi connectivity index (χ0) is 5.86. The molecule has 0 rings (SSSR count). The van der Waals surface area contributed by atoms with Crippen molar-refractivity contribution in [3.8, 4) is 0 Å². The van der Waals surface area contributed by atoms with Gasteiger partial charge in [-0.15, -0.1) is 0 Å². The topological polar surface area (TPSA) is 37.3 Å². The van der Waals surface area contributed by atoms with Gasteiger partial charge in [0.15, 0.2) is 11.5 Å². The maximum atomic E-state index is 10.1. The van der Waals surface area contributed by atoms with E-state index in [9.17, 15) is 4.79 Å². The Kier molecular flexibility index (Phi) is 2.12. The van der Waals surface area contributed by atoms with Crippen molar-refractivity contribution in [3.05, 3.63) is 11.8 Å². The van der Waals surface area contributed by atoms with Gasteiger partial charge >= 0.3 is 0 Å². The Bertz CT molecular complexity index is 103. The van der Waals surface area contributed by atoms with E-state index in [0.717, 1.165) is 0 Å². The van der Waals surface area contributed by atoms with Crippen molar-refractivity contribution in [1.29, 1.82) is 0 Å². The van der Waals surface area contributed by atoms with Gasteiger partial charge in [0.2, 0.25) is 0 Å². The number of aliphatic hydroxyl groups is 1. The smallest absolute Gasteiger partial charge is 0.193 e. The maximum absolute atomic E-state index is 10.1. The monoisotopic (exact) mass is 100 g/mol. The quantitative estimate of drug-likeness (QED) is 0.395. The average Bonchev–Trinajstić information content (AvgIpc) is 1.65. The molecule has 40 valence electrons. The highest BCUT2D eigenvalue weighted by molar-refractivity contribution is 5.90. The van der Waals surface area contributed by atoms with Gasteiger partial charge in [-0.3, -0.25) is 4.79 Å². The van der Waals surface area contributed by atoms with Crippen molar-refractivity contribution >= 4 is 5.78 Å². The largest absolute Gasteiger partial charge is 0.505 e. The molecule has 0 radical (unpaired) electrons. The minimum absolute atomic E-state index is 0.167. The fourth-order valence-corrected chi connectivity index (χ4v) is 0.203. The van der Waals surface area contributed by atoms with E-state index in [1.54, 1.807) is 6.92 Å². The summed E-state index contributed by atoms with van der Waals surface area (Å²) in [7, 11) is 0. The SMILES string of the molecule is C/C=C(/O)C(C)=O. The lowest BCUT2D eigenvalue weighted by Gasteiger charge is -1.84. The number of ketones is 1. The fraction of sp³-hybridized carbons (Fsp3) is 0.400. The molecule has 7 heavy (non-hydrogen) atoms. The summed E-state index contributed by atoms with van der Waals surface area (Å²) in [6, 6.07) is 0. The molecule has 0 heterocycles. The van der Waals surface area contributed by atoms with E-state index in [1.807, 2.05) is 0 Å². The molecule has 0 saturated carbocycles. The Morgan fingerprint density at radius 2 is 2.14 bits per heavy atom. The number of carbonyl (C=O) groups is 1. The molecule has 0 aliphatic carbocycles. The molecule has 0 aromatic carbocycles. The summed E-state index contributed by atoms with van der Waals surface area (Å²) < 4.78 is 0. The lowest BCUT2D eigenvalue weighted by atomic mass is 10.3. The summed E-state index contributed by atoms with van der Waals surface area (Å²) in [5.41, 5.74) is 0. The van der Waals surface area contributed by atoms with Gasteiger partial charge in [0.1, 0.15) is 0 Å². The standard InChI is InChI=1S/C5H8O2/c1-3-5(7)4(2)6/h3,7H,1-2H3/b5-3+. The first-order chi connectivity index (χ1) is 3.18. The summed E-state index contributed by atoms with van der Waals surface area (Å²) in [5, 5.41) is 8.45. The van der Waals surface area contributed by atoms with E-state index in [0.29, 0.717) is 0 Å². The predicted octanol–water partition coefficient (Wildman–Crippen LogP) is 1.04. The summed E-state index contributed by atoms with van der Waals surface area (Å²) >= 11 is 0. The molecule has 2 nitrogen and oxygen atoms in total. The van der Waals surface area contributed by atoms with E-state index >= 15 is 0 Å². The molecule has 0 aromatic rings. The molecular formula is C5H8O2. The second-order valence-electron chi connectivity index (χ2n) is 1.23. The van der Waals surface area contributed by atoms with Gasteiger partial charge in [-0.1, -0.05) is 0 Å². The average molecular weight is 100 g/mol. The van der Waals surface area contributed by atoms with Crippen LogP contribution in [0.4, 0.5) is 0 Å². The molecule has 0 spiro atoms. The summed E-state index contributed by atoms with van der Waals surface area (Å²) in [4.78, 5) is 10.1. The van der Waals surface area contributed by atoms with Gasteiger partial charge in [0, 0.05) is 6.92 Å². The third kappa shape index (κ3) is 1.98. The molecule has 0 atom stereocenters. The number of allylic oxidation sites excluding steroid dienone is 2. The van der Waals surface area contributed by atoms with Gasteiger partial charge < -0.3 is 5.11 Å². The third-order valence-electron chi connectivity index (χ3n) is 0.634. The first-order valence-corrected chi connectivity index (χ1v) is 2.04. The second kappa shape index (κ2) is 2.39. The Morgan fingerprint density at radius 3 is 2.14 bits per heavy atom. The van der Waals surface area contributed by atoms with Crippen LogP contribution in [0, 0.1) is 0 Å². The van der Waals surface area contributed by atoms with Crippen LogP contribution in [0.2, 0.25) is 0 Å². The highest BCUT2D eigenvalue weighted by atomic mass is 16.3. The van der Waals surface area contributed by atoms with Gasteiger partial charge in [-0.05, 0) is 13.0 Å². The number of aliphatic hydroxyl groups excluding tert-OH is 1. The lowest BCUT2D eigenvalue weighted by molar-refractivity contribution is -0.115. The summed E-state index contributed by atoms with van der Waals surface area (Å²) in [6.45, 7) is 2.92.